The molecule has 23 aromatic rings. The molecule has 0 saturated carbocycles. The smallest absolute Gasteiger partial charge is 0.160 e. The summed E-state index contributed by atoms with van der Waals surface area (Å²) < 4.78 is 7.94. The van der Waals surface area contributed by atoms with E-state index in [0.717, 1.165) is 106 Å². The molecule has 0 amide bonds. The van der Waals surface area contributed by atoms with Gasteiger partial charge in [0, 0.05) is 115 Å². The molecule has 6 aromatic heterocycles. The van der Waals surface area contributed by atoms with Crippen molar-refractivity contribution in [2.75, 3.05) is 0 Å². The van der Waals surface area contributed by atoms with Crippen molar-refractivity contribution in [1.82, 2.24) is 29.9 Å². The van der Waals surface area contributed by atoms with Crippen molar-refractivity contribution < 1.29 is 0 Å². The number of hydrogen-bond donors (Lipinski definition) is 0. The number of para-hydroxylation sites is 1. The zero-order chi connectivity index (χ0) is 70.5. The second kappa shape index (κ2) is 25.8. The molecule has 0 bridgehead atoms. The maximum absolute atomic E-state index is 5.19. The fourth-order valence-electron chi connectivity index (χ4n) is 15.7. The van der Waals surface area contributed by atoms with Gasteiger partial charge in [-0.3, -0.25) is 0 Å². The van der Waals surface area contributed by atoms with Crippen molar-refractivity contribution >= 4 is 181 Å². The van der Waals surface area contributed by atoms with Crippen molar-refractivity contribution in [3.63, 3.8) is 0 Å². The second-order valence-electron chi connectivity index (χ2n) is 27.1. The summed E-state index contributed by atoms with van der Waals surface area (Å²) in [5.74, 6) is 2.25. The van der Waals surface area contributed by atoms with Crippen LogP contribution in [0.4, 0.5) is 0 Å². The van der Waals surface area contributed by atoms with Crippen LogP contribution in [-0.4, -0.2) is 29.9 Å². The summed E-state index contributed by atoms with van der Waals surface area (Å²) in [5.41, 5.74) is 12.2. The van der Waals surface area contributed by atoms with Gasteiger partial charge < -0.3 is 0 Å². The van der Waals surface area contributed by atoms with Crippen LogP contribution in [0, 0.1) is 0 Å². The number of thiophene rings is 3. The van der Waals surface area contributed by atoms with Crippen molar-refractivity contribution in [3.8, 4) is 67.9 Å². The zero-order valence-corrected chi connectivity index (χ0v) is 59.8. The van der Waals surface area contributed by atoms with E-state index in [4.69, 9.17) is 29.9 Å². The highest BCUT2D eigenvalue weighted by molar-refractivity contribution is 7.26. The predicted molar refractivity (Wildman–Crippen MR) is 457 cm³/mol. The Labute approximate surface area is 626 Å². The van der Waals surface area contributed by atoms with Gasteiger partial charge in [0.05, 0.1) is 33.6 Å². The first-order valence-corrected chi connectivity index (χ1v) is 38.3. The lowest BCUT2D eigenvalue weighted by Gasteiger charge is -2.12. The summed E-state index contributed by atoms with van der Waals surface area (Å²) in [5, 5.41) is 23.3. The fourth-order valence-corrected chi connectivity index (χ4v) is 19.1. The summed E-state index contributed by atoms with van der Waals surface area (Å²) in [7, 11) is 0. The minimum Gasteiger partial charge on any atom is -0.228 e. The summed E-state index contributed by atoms with van der Waals surface area (Å²) in [6.07, 6.45) is 0. The van der Waals surface area contributed by atoms with E-state index < -0.39 is 0 Å². The highest BCUT2D eigenvalue weighted by Crippen LogP contribution is 2.45. The van der Waals surface area contributed by atoms with Crippen LogP contribution in [0.15, 0.2) is 352 Å². The van der Waals surface area contributed by atoms with E-state index >= 15 is 0 Å². The van der Waals surface area contributed by atoms with E-state index in [9.17, 15) is 0 Å². The first kappa shape index (κ1) is 62.3. The van der Waals surface area contributed by atoms with Crippen molar-refractivity contribution in [1.29, 1.82) is 0 Å². The van der Waals surface area contributed by atoms with Crippen LogP contribution >= 0.6 is 34.0 Å². The molecule has 23 rings (SSSR count). The molecule has 498 valence electrons. The maximum atomic E-state index is 5.19. The molecule has 9 heteroatoms. The Morgan fingerprint density at radius 1 is 0.168 bits per heavy atom. The van der Waals surface area contributed by atoms with Crippen LogP contribution in [0.5, 0.6) is 0 Å². The molecule has 6 nitrogen and oxygen atoms in total. The molecule has 0 N–H and O–H groups in total. The normalized spacial score (nSPS) is 11.7. The monoisotopic (exact) mass is 1410 g/mol. The number of hydrogen-bond acceptors (Lipinski definition) is 9. The van der Waals surface area contributed by atoms with Crippen molar-refractivity contribution in [2.24, 2.45) is 0 Å². The van der Waals surface area contributed by atoms with Gasteiger partial charge in [0.15, 0.2) is 17.5 Å². The molecule has 0 aliphatic rings. The molecule has 0 atom stereocenters. The molecule has 0 aliphatic carbocycles. The van der Waals surface area contributed by atoms with Gasteiger partial charge in [-0.15, -0.1) is 34.0 Å². The minimum absolute atomic E-state index is 0.749. The molecule has 0 unspecified atom stereocenters. The zero-order valence-electron chi connectivity index (χ0n) is 57.4. The van der Waals surface area contributed by atoms with Crippen LogP contribution in [-0.2, 0) is 0 Å². The minimum atomic E-state index is 0.749. The van der Waals surface area contributed by atoms with Crippen LogP contribution in [0.1, 0.15) is 0 Å². The lowest BCUT2D eigenvalue weighted by molar-refractivity contribution is 1.23. The Bertz CT molecular complexity index is 7520. The number of rotatable bonds is 6. The van der Waals surface area contributed by atoms with Crippen molar-refractivity contribution in [2.45, 2.75) is 0 Å². The van der Waals surface area contributed by atoms with Gasteiger partial charge in [0.25, 0.3) is 0 Å². The lowest BCUT2D eigenvalue weighted by Crippen LogP contribution is -1.96. The Balaban J connectivity index is 0.000000103. The van der Waals surface area contributed by atoms with E-state index in [1.165, 1.54) is 109 Å². The maximum Gasteiger partial charge on any atom is 0.160 e. The van der Waals surface area contributed by atoms with E-state index in [1.54, 1.807) is 0 Å². The Kier molecular flexibility index (Phi) is 15.0. The number of aromatic nitrogens is 6. The van der Waals surface area contributed by atoms with E-state index in [1.807, 2.05) is 64.3 Å². The highest BCUT2D eigenvalue weighted by Gasteiger charge is 2.20. The Hall–Kier alpha value is -13.3. The molecule has 0 fully saturated rings. The third-order valence-electron chi connectivity index (χ3n) is 20.8. The van der Waals surface area contributed by atoms with Gasteiger partial charge in [-0.1, -0.05) is 279 Å². The average Bonchev–Trinajstić information content (AvgIpc) is 1.75. The van der Waals surface area contributed by atoms with Crippen LogP contribution in [0.2, 0.25) is 0 Å². The topological polar surface area (TPSA) is 77.3 Å². The molecular weight excluding hydrogens is 1360 g/mol. The van der Waals surface area contributed by atoms with Crippen LogP contribution < -0.4 is 0 Å². The van der Waals surface area contributed by atoms with Gasteiger partial charge in [0.1, 0.15) is 0 Å². The SMILES string of the molecule is c1ccc(-c2nc(-c3ccc4c(ccc5sc6ccccc6c54)c3)nc3c2ccc2ccccc23)cc1.c1ccc(-c2nc(-c3ccc4c(ccc5sc6ccccc6c54)c3)nc3ccc4ccccc4c23)cc1.c1ccc(-c2nc(-c3ccc4c(ccc5sc6ccccc6c54)c3)nc3ccccc23)cc1. The van der Waals surface area contributed by atoms with Crippen LogP contribution in [0.3, 0.4) is 0 Å². The van der Waals surface area contributed by atoms with Crippen LogP contribution in [0.25, 0.3) is 215 Å². The molecular formula is C98H58N6S3. The molecule has 0 radical (unpaired) electrons. The highest BCUT2D eigenvalue weighted by atomic mass is 32.1. The fraction of sp³-hybridized carbons (Fsp3) is 0. The Morgan fingerprint density at radius 3 is 1.00 bits per heavy atom. The molecule has 0 saturated heterocycles. The van der Waals surface area contributed by atoms with Gasteiger partial charge in [-0.2, -0.15) is 0 Å². The molecule has 107 heavy (non-hydrogen) atoms. The van der Waals surface area contributed by atoms with E-state index in [0.29, 0.717) is 0 Å². The standard InChI is InChI=1S/2C34H20N2S.C30H18N2S/c1-2-9-22(10-3-1)32-28-18-14-21-8-4-5-11-26(21)33(28)36-34(35-32)24-15-17-25-23(20-24)16-19-30-31(25)27-12-6-7-13-29(27)37-30;1-2-9-22(10-3-1)33-32-25-11-5-4-8-21(25)15-18-28(32)35-34(36-33)24-14-17-26-23(20-24)16-19-30-31(26)27-12-6-7-13-29(27)37-30;1-2-8-19(9-3-1)29-23-10-4-6-12-25(23)31-30(32-29)21-14-16-22-20(18-21)15-17-27-28(22)24-11-5-7-13-26(24)33-27/h2*1-20H;1-18H. The lowest BCUT2D eigenvalue weighted by atomic mass is 9.99. The average molecular weight is 1420 g/mol. The summed E-state index contributed by atoms with van der Waals surface area (Å²) in [6.45, 7) is 0. The second-order valence-corrected chi connectivity index (χ2v) is 30.3. The predicted octanol–water partition coefficient (Wildman–Crippen LogP) is 27.8. The molecule has 0 aliphatic heterocycles. The van der Waals surface area contributed by atoms with Gasteiger partial charge in [-0.25, -0.2) is 29.9 Å². The first-order valence-electron chi connectivity index (χ1n) is 35.9. The summed E-state index contributed by atoms with van der Waals surface area (Å²) in [6, 6.07) is 124. The quantitative estimate of drug-likeness (QED) is 0.154. The number of fused-ring (bicyclic) bond motifs is 22. The summed E-state index contributed by atoms with van der Waals surface area (Å²) in [4.78, 5) is 30.6. The molecule has 6 heterocycles. The van der Waals surface area contributed by atoms with Gasteiger partial charge in [-0.05, 0) is 121 Å². The van der Waals surface area contributed by atoms with E-state index in [-0.39, 0.29) is 0 Å². The number of benzene rings is 17. The van der Waals surface area contributed by atoms with Crippen molar-refractivity contribution in [3.05, 3.63) is 352 Å². The third-order valence-corrected chi connectivity index (χ3v) is 24.2. The number of nitrogens with zero attached hydrogens (tertiary/aromatic N) is 6. The first-order chi connectivity index (χ1) is 53.0. The van der Waals surface area contributed by atoms with Gasteiger partial charge in [0.2, 0.25) is 0 Å². The Morgan fingerprint density at radius 2 is 0.505 bits per heavy atom. The summed E-state index contributed by atoms with van der Waals surface area (Å²) >= 11 is 5.56. The van der Waals surface area contributed by atoms with E-state index in [2.05, 4.69) is 322 Å². The molecule has 0 spiro atoms. The largest absolute Gasteiger partial charge is 0.228 e. The van der Waals surface area contributed by atoms with Gasteiger partial charge >= 0.3 is 0 Å². The third kappa shape index (κ3) is 10.9. The molecule has 17 aromatic carbocycles.